The van der Waals surface area contributed by atoms with E-state index in [1.807, 2.05) is 92.7 Å². The Bertz CT molecular complexity index is 1610. The molecule has 4 atom stereocenters. The Morgan fingerprint density at radius 1 is 0.818 bits per heavy atom. The van der Waals surface area contributed by atoms with Gasteiger partial charge in [0, 0.05) is 13.7 Å². The summed E-state index contributed by atoms with van der Waals surface area (Å²) < 4.78 is 28.9. The summed E-state index contributed by atoms with van der Waals surface area (Å²) in [4.78, 5) is 25.7. The average molecular weight is 594 g/mol. The van der Waals surface area contributed by atoms with Crippen LogP contribution in [0.5, 0.6) is 5.75 Å². The van der Waals surface area contributed by atoms with Crippen molar-refractivity contribution in [2.24, 2.45) is 0 Å². The molecule has 0 unspecified atom stereocenters. The zero-order valence-electron chi connectivity index (χ0n) is 24.9. The zero-order valence-corrected chi connectivity index (χ0v) is 24.9. The number of benzene rings is 4. The Balaban J connectivity index is 1.28. The van der Waals surface area contributed by atoms with E-state index < -0.39 is 36.4 Å². The van der Waals surface area contributed by atoms with Crippen LogP contribution in [0.25, 0.3) is 22.3 Å². The van der Waals surface area contributed by atoms with Crippen LogP contribution in [0.2, 0.25) is 0 Å². The van der Waals surface area contributed by atoms with Gasteiger partial charge in [-0.1, -0.05) is 84.9 Å². The molecule has 2 saturated heterocycles. The highest BCUT2D eigenvalue weighted by atomic mass is 16.8. The fourth-order valence-electron chi connectivity index (χ4n) is 5.87. The van der Waals surface area contributed by atoms with Crippen LogP contribution in [0.3, 0.4) is 0 Å². The van der Waals surface area contributed by atoms with Crippen molar-refractivity contribution in [3.63, 3.8) is 0 Å². The van der Waals surface area contributed by atoms with E-state index in [9.17, 15) is 9.59 Å². The third-order valence-corrected chi connectivity index (χ3v) is 8.05. The summed E-state index contributed by atoms with van der Waals surface area (Å²) in [6, 6.07) is 33.6. The van der Waals surface area contributed by atoms with Crippen LogP contribution in [0.15, 0.2) is 103 Å². The Labute approximate surface area is 256 Å². The molecular weight excluding hydrogens is 558 g/mol. The summed E-state index contributed by atoms with van der Waals surface area (Å²) in [5, 5.41) is 3.06. The zero-order chi connectivity index (χ0) is 30.7. The quantitative estimate of drug-likeness (QED) is 0.224. The molecule has 0 spiro atoms. The Kier molecular flexibility index (Phi) is 8.37. The molecule has 2 aliphatic heterocycles. The van der Waals surface area contributed by atoms with Crippen molar-refractivity contribution in [2.45, 2.75) is 50.5 Å². The highest BCUT2D eigenvalue weighted by Crippen LogP contribution is 2.39. The van der Waals surface area contributed by atoms with Crippen LogP contribution < -0.4 is 10.1 Å². The molecule has 8 nitrogen and oxygen atoms in total. The summed E-state index contributed by atoms with van der Waals surface area (Å²) in [5.74, 6) is 0.160. The summed E-state index contributed by atoms with van der Waals surface area (Å²) >= 11 is 0. The van der Waals surface area contributed by atoms with Gasteiger partial charge in [-0.25, -0.2) is 4.79 Å². The average Bonchev–Trinajstić information content (AvgIpc) is 3.43. The number of methoxy groups -OCH3 is 1. The highest BCUT2D eigenvalue weighted by Gasteiger charge is 2.58. The van der Waals surface area contributed by atoms with Crippen molar-refractivity contribution in [3.8, 4) is 28.0 Å². The van der Waals surface area contributed by atoms with Crippen LogP contribution in [0, 0.1) is 0 Å². The SMILES string of the molecule is CO[C@@H]1[C@H]2OC(=O)O[C@H]2[C@H](Oc2ccc(-c3ccc(-c4ccccc4)cc3)c(C(=O)NCCc3ccccc3)c2)OC1(C)C. The lowest BCUT2D eigenvalue weighted by atomic mass is 9.89. The number of hydrogen-bond donors (Lipinski definition) is 1. The van der Waals surface area contributed by atoms with Crippen molar-refractivity contribution in [2.75, 3.05) is 13.7 Å². The molecule has 0 saturated carbocycles. The lowest BCUT2D eigenvalue weighted by Gasteiger charge is -2.45. The second kappa shape index (κ2) is 12.5. The molecule has 6 rings (SSSR count). The monoisotopic (exact) mass is 593 g/mol. The van der Waals surface area contributed by atoms with Crippen molar-refractivity contribution in [1.29, 1.82) is 0 Å². The van der Waals surface area contributed by atoms with Crippen molar-refractivity contribution < 1.29 is 33.3 Å². The third kappa shape index (κ3) is 6.18. The largest absolute Gasteiger partial charge is 0.509 e. The minimum atomic E-state index is -0.974. The van der Waals surface area contributed by atoms with Crippen LogP contribution in [0.4, 0.5) is 4.79 Å². The maximum atomic E-state index is 13.7. The first-order valence-corrected chi connectivity index (χ1v) is 14.7. The maximum absolute atomic E-state index is 13.7. The Morgan fingerprint density at radius 2 is 1.45 bits per heavy atom. The molecule has 2 fully saturated rings. The molecule has 2 heterocycles. The number of ether oxygens (including phenoxy) is 5. The number of amides is 1. The van der Waals surface area contributed by atoms with E-state index in [-0.39, 0.29) is 5.91 Å². The lowest BCUT2D eigenvalue weighted by Crippen LogP contribution is -2.62. The van der Waals surface area contributed by atoms with E-state index in [0.717, 1.165) is 27.8 Å². The smallest absolute Gasteiger partial charge is 0.461 e. The number of rotatable bonds is 9. The summed E-state index contributed by atoms with van der Waals surface area (Å²) in [6.45, 7) is 4.15. The molecular formula is C36H35NO7. The molecule has 0 bridgehead atoms. The van der Waals surface area contributed by atoms with Gasteiger partial charge in [0.05, 0.1) is 11.2 Å². The van der Waals surface area contributed by atoms with Crippen LogP contribution in [-0.2, 0) is 25.4 Å². The summed E-state index contributed by atoms with van der Waals surface area (Å²) in [6.07, 6.45) is -3.17. The molecule has 0 aromatic heterocycles. The first-order valence-electron chi connectivity index (χ1n) is 14.7. The van der Waals surface area contributed by atoms with E-state index in [4.69, 9.17) is 23.7 Å². The molecule has 2 aliphatic rings. The van der Waals surface area contributed by atoms with Gasteiger partial charge in [0.15, 0.2) is 6.10 Å². The van der Waals surface area contributed by atoms with E-state index in [1.54, 1.807) is 12.1 Å². The molecule has 44 heavy (non-hydrogen) atoms. The van der Waals surface area contributed by atoms with Gasteiger partial charge in [-0.05, 0) is 66.3 Å². The second-order valence-electron chi connectivity index (χ2n) is 11.4. The van der Waals surface area contributed by atoms with Crippen LogP contribution in [0.1, 0.15) is 29.8 Å². The van der Waals surface area contributed by atoms with E-state index in [2.05, 4.69) is 17.4 Å². The number of carbonyl (C=O) groups is 2. The Morgan fingerprint density at radius 3 is 2.16 bits per heavy atom. The standard InChI is InChI=1S/C36H35NO7/c1-36(2)32(40-3)30-31(43-35(39)42-30)34(44-36)41-27-18-19-28(26-16-14-25(15-17-26)24-12-8-5-9-13-24)29(22-27)33(38)37-21-20-23-10-6-4-7-11-23/h4-19,22,30-32,34H,20-21H2,1-3H3,(H,37,38)/t30-,31+,32+,34+/m0/s1. The lowest BCUT2D eigenvalue weighted by molar-refractivity contribution is -0.282. The molecule has 1 amide bonds. The summed E-state index contributed by atoms with van der Waals surface area (Å²) in [5.41, 5.74) is 4.58. The fourth-order valence-corrected chi connectivity index (χ4v) is 5.87. The first kappa shape index (κ1) is 29.4. The van der Waals surface area contributed by atoms with Gasteiger partial charge in [0.2, 0.25) is 12.4 Å². The molecule has 4 aromatic rings. The van der Waals surface area contributed by atoms with Gasteiger partial charge in [-0.2, -0.15) is 0 Å². The van der Waals surface area contributed by atoms with Gasteiger partial charge in [0.25, 0.3) is 5.91 Å². The molecule has 4 aromatic carbocycles. The minimum absolute atomic E-state index is 0.230. The first-order chi connectivity index (χ1) is 21.3. The molecule has 0 radical (unpaired) electrons. The predicted octanol–water partition coefficient (Wildman–Crippen LogP) is 6.43. The van der Waals surface area contributed by atoms with E-state index in [1.165, 1.54) is 7.11 Å². The Hall–Kier alpha value is -4.66. The van der Waals surface area contributed by atoms with Gasteiger partial charge < -0.3 is 29.0 Å². The molecule has 226 valence electrons. The molecule has 0 aliphatic carbocycles. The van der Waals surface area contributed by atoms with E-state index in [0.29, 0.717) is 24.3 Å². The topological polar surface area (TPSA) is 92.3 Å². The van der Waals surface area contributed by atoms with Crippen molar-refractivity contribution >= 4 is 12.1 Å². The minimum Gasteiger partial charge on any atom is -0.461 e. The highest BCUT2D eigenvalue weighted by molar-refractivity contribution is 6.01. The number of carbonyl (C=O) groups excluding carboxylic acids is 2. The number of fused-ring (bicyclic) bond motifs is 1. The third-order valence-electron chi connectivity index (χ3n) is 8.05. The normalized spacial score (nSPS) is 21.9. The van der Waals surface area contributed by atoms with Crippen LogP contribution in [-0.4, -0.2) is 55.9 Å². The van der Waals surface area contributed by atoms with E-state index >= 15 is 0 Å². The summed E-state index contributed by atoms with van der Waals surface area (Å²) in [7, 11) is 1.54. The van der Waals surface area contributed by atoms with Gasteiger partial charge >= 0.3 is 6.16 Å². The van der Waals surface area contributed by atoms with Crippen molar-refractivity contribution in [1.82, 2.24) is 5.32 Å². The van der Waals surface area contributed by atoms with Crippen molar-refractivity contribution in [3.05, 3.63) is 114 Å². The van der Waals surface area contributed by atoms with Gasteiger partial charge in [-0.3, -0.25) is 4.79 Å². The van der Waals surface area contributed by atoms with Gasteiger partial charge in [-0.15, -0.1) is 0 Å². The fraction of sp³-hybridized carbons (Fsp3) is 0.278. The molecule has 1 N–H and O–H groups in total. The maximum Gasteiger partial charge on any atom is 0.509 e. The predicted molar refractivity (Wildman–Crippen MR) is 165 cm³/mol. The van der Waals surface area contributed by atoms with Gasteiger partial charge in [0.1, 0.15) is 11.9 Å². The number of hydrogen-bond acceptors (Lipinski definition) is 7. The molecule has 8 heteroatoms. The number of nitrogens with one attached hydrogen (secondary N) is 1. The van der Waals surface area contributed by atoms with Crippen LogP contribution >= 0.6 is 0 Å². The second-order valence-corrected chi connectivity index (χ2v) is 11.4.